The predicted octanol–water partition coefficient (Wildman–Crippen LogP) is -1.69. The molecule has 16 nitrogen and oxygen atoms in total. The number of ether oxygens (including phenoxy) is 4. The van der Waals surface area contributed by atoms with Crippen LogP contribution in [0.5, 0.6) is 28.7 Å². The Bertz CT molecular complexity index is 1540. The van der Waals surface area contributed by atoms with Crippen molar-refractivity contribution in [3.05, 3.63) is 40.6 Å². The van der Waals surface area contributed by atoms with Crippen molar-refractivity contribution in [3.63, 3.8) is 0 Å². The Morgan fingerprint density at radius 2 is 1.51 bits per heavy atom. The number of aromatic hydroxyl groups is 4. The van der Waals surface area contributed by atoms with E-state index in [2.05, 4.69) is 0 Å². The minimum absolute atomic E-state index is 0.00263. The lowest BCUT2D eigenvalue weighted by molar-refractivity contribution is -0.354. The summed E-state index contributed by atoms with van der Waals surface area (Å²) in [5, 5.41) is 102. The van der Waals surface area contributed by atoms with Gasteiger partial charge in [0, 0.05) is 17.7 Å². The number of aliphatic hydroxyl groups excluding tert-OH is 6. The standard InChI is InChI=1S/C27H30O16/c1-8-17(32)20(35)23(38)26(39-8)43-25-21(36)18(33)15(7-28)42-27(25)40-10-5-13(31)16-14(6-10)41-24(22(37)19(16)34)9-2-3-11(29)12(30)4-9/h2-6,8,15,17-18,20-21,23,25-33,35-38H,7H2,1H3/t8-,15-,17-,18-,20+,21+,23+,25-,26-,27-/m1/s1. The number of benzene rings is 2. The van der Waals surface area contributed by atoms with E-state index in [9.17, 15) is 55.9 Å². The van der Waals surface area contributed by atoms with Crippen LogP contribution < -0.4 is 10.2 Å². The second-order valence-electron chi connectivity index (χ2n) is 10.2. The van der Waals surface area contributed by atoms with E-state index in [-0.39, 0.29) is 16.9 Å². The molecule has 10 N–H and O–H groups in total. The first-order chi connectivity index (χ1) is 20.3. The van der Waals surface area contributed by atoms with Gasteiger partial charge < -0.3 is 74.4 Å². The topological polar surface area (TPSA) is 269 Å². The van der Waals surface area contributed by atoms with Gasteiger partial charge in [-0.1, -0.05) is 0 Å². The highest BCUT2D eigenvalue weighted by Gasteiger charge is 2.51. The van der Waals surface area contributed by atoms with Crippen LogP contribution in [0.3, 0.4) is 0 Å². The van der Waals surface area contributed by atoms with Crippen LogP contribution in [0.15, 0.2) is 39.5 Å². The Morgan fingerprint density at radius 3 is 2.19 bits per heavy atom. The summed E-state index contributed by atoms with van der Waals surface area (Å²) in [7, 11) is 0. The number of phenols is 3. The van der Waals surface area contributed by atoms with Gasteiger partial charge in [-0.2, -0.15) is 0 Å². The number of aliphatic hydroxyl groups is 6. The van der Waals surface area contributed by atoms with Gasteiger partial charge in [0.05, 0.1) is 12.7 Å². The van der Waals surface area contributed by atoms with Crippen LogP contribution in [0.4, 0.5) is 0 Å². The Morgan fingerprint density at radius 1 is 0.791 bits per heavy atom. The van der Waals surface area contributed by atoms with Crippen molar-refractivity contribution in [3.8, 4) is 40.1 Å². The number of hydrogen-bond acceptors (Lipinski definition) is 16. The molecule has 1 aromatic heterocycles. The largest absolute Gasteiger partial charge is 0.507 e. The maximum atomic E-state index is 12.9. The van der Waals surface area contributed by atoms with Gasteiger partial charge in [0.15, 0.2) is 29.7 Å². The molecule has 234 valence electrons. The van der Waals surface area contributed by atoms with E-state index in [0.717, 1.165) is 24.3 Å². The van der Waals surface area contributed by atoms with Crippen LogP contribution in [0.2, 0.25) is 0 Å². The third-order valence-electron chi connectivity index (χ3n) is 7.34. The van der Waals surface area contributed by atoms with E-state index < -0.39 is 108 Å². The van der Waals surface area contributed by atoms with Crippen LogP contribution in [0.1, 0.15) is 6.92 Å². The highest BCUT2D eigenvalue weighted by Crippen LogP contribution is 2.39. The lowest BCUT2D eigenvalue weighted by Crippen LogP contribution is -2.64. The monoisotopic (exact) mass is 610 g/mol. The first kappa shape index (κ1) is 30.7. The molecule has 3 aromatic rings. The van der Waals surface area contributed by atoms with Crippen LogP contribution in [-0.2, 0) is 14.2 Å². The Balaban J connectivity index is 1.51. The fourth-order valence-corrected chi connectivity index (χ4v) is 4.90. The molecule has 0 spiro atoms. The maximum Gasteiger partial charge on any atom is 0.238 e. The fraction of sp³-hybridized carbons (Fsp3) is 0.444. The van der Waals surface area contributed by atoms with Crippen LogP contribution in [0, 0.1) is 0 Å². The van der Waals surface area contributed by atoms with E-state index in [4.69, 9.17) is 23.4 Å². The molecule has 0 aliphatic carbocycles. The van der Waals surface area contributed by atoms with Gasteiger partial charge >= 0.3 is 0 Å². The second-order valence-corrected chi connectivity index (χ2v) is 10.2. The van der Waals surface area contributed by atoms with Crippen LogP contribution in [-0.4, -0.2) is 119 Å². The van der Waals surface area contributed by atoms with E-state index in [1.165, 1.54) is 13.0 Å². The molecule has 0 bridgehead atoms. The Labute approximate surface area is 241 Å². The molecule has 2 aliphatic rings. The quantitative estimate of drug-likeness (QED) is 0.140. The summed E-state index contributed by atoms with van der Waals surface area (Å²) in [5.74, 6) is -3.32. The smallest absolute Gasteiger partial charge is 0.238 e. The number of phenolic OH excluding ortho intramolecular Hbond substituents is 3. The second kappa shape index (κ2) is 11.8. The normalized spacial score (nSPS) is 33.0. The summed E-state index contributed by atoms with van der Waals surface area (Å²) in [6.07, 6.45) is -15.8. The van der Waals surface area contributed by atoms with Crippen molar-refractivity contribution in [1.29, 1.82) is 0 Å². The van der Waals surface area contributed by atoms with Crippen molar-refractivity contribution < 1.29 is 74.4 Å². The number of fused-ring (bicyclic) bond motifs is 1. The van der Waals surface area contributed by atoms with Crippen molar-refractivity contribution >= 4 is 11.0 Å². The highest BCUT2D eigenvalue weighted by atomic mass is 16.8. The Kier molecular flexibility index (Phi) is 8.41. The molecule has 2 aromatic carbocycles. The minimum Gasteiger partial charge on any atom is -0.507 e. The number of hydrogen-bond donors (Lipinski definition) is 10. The molecule has 0 amide bonds. The molecule has 2 fully saturated rings. The zero-order valence-corrected chi connectivity index (χ0v) is 22.3. The van der Waals surface area contributed by atoms with Gasteiger partial charge in [-0.3, -0.25) is 4.79 Å². The van der Waals surface area contributed by atoms with E-state index >= 15 is 0 Å². The van der Waals surface area contributed by atoms with Gasteiger partial charge in [-0.25, -0.2) is 0 Å². The third-order valence-corrected chi connectivity index (χ3v) is 7.34. The molecule has 2 aliphatic heterocycles. The van der Waals surface area contributed by atoms with Gasteiger partial charge in [0.25, 0.3) is 0 Å². The molecule has 43 heavy (non-hydrogen) atoms. The summed E-state index contributed by atoms with van der Waals surface area (Å²) in [6, 6.07) is 5.43. The summed E-state index contributed by atoms with van der Waals surface area (Å²) in [5.41, 5.74) is -1.36. The van der Waals surface area contributed by atoms with Gasteiger partial charge in [0.1, 0.15) is 59.1 Å². The summed E-state index contributed by atoms with van der Waals surface area (Å²) in [4.78, 5) is 12.9. The highest BCUT2D eigenvalue weighted by molar-refractivity contribution is 5.88. The first-order valence-corrected chi connectivity index (χ1v) is 13.0. The molecule has 10 atom stereocenters. The van der Waals surface area contributed by atoms with Gasteiger partial charge in [-0.05, 0) is 25.1 Å². The molecule has 2 saturated heterocycles. The van der Waals surface area contributed by atoms with Crippen LogP contribution in [0.25, 0.3) is 22.3 Å². The lowest BCUT2D eigenvalue weighted by atomic mass is 9.97. The molecule has 5 rings (SSSR count). The van der Waals surface area contributed by atoms with Crippen molar-refractivity contribution in [2.45, 2.75) is 68.3 Å². The van der Waals surface area contributed by atoms with Gasteiger partial charge in [-0.15, -0.1) is 0 Å². The van der Waals surface area contributed by atoms with Crippen molar-refractivity contribution in [1.82, 2.24) is 0 Å². The Hall–Kier alpha value is -3.71. The molecular weight excluding hydrogens is 580 g/mol. The molecule has 0 radical (unpaired) electrons. The molecule has 16 heteroatoms. The molecular formula is C27H30O16. The van der Waals surface area contributed by atoms with E-state index in [1.807, 2.05) is 0 Å². The molecule has 0 saturated carbocycles. The average Bonchev–Trinajstić information content (AvgIpc) is 2.97. The van der Waals surface area contributed by atoms with Crippen molar-refractivity contribution in [2.75, 3.05) is 6.61 Å². The SMILES string of the molecule is C[C@H]1O[C@H](O[C@H]2[C@H](Oc3cc(O)c4c(=O)c(O)c(-c5ccc(O)c(O)c5)oc4c3)O[C@H](CO)[C@@H](O)[C@@H]2O)[C@@H](O)[C@@H](O)[C@@H]1O. The zero-order chi connectivity index (χ0) is 31.3. The van der Waals surface area contributed by atoms with E-state index in [0.29, 0.717) is 0 Å². The third kappa shape index (κ3) is 5.55. The summed E-state index contributed by atoms with van der Waals surface area (Å²) in [6.45, 7) is 0.626. The lowest BCUT2D eigenvalue weighted by Gasteiger charge is -2.45. The maximum absolute atomic E-state index is 12.9. The minimum atomic E-state index is -1.82. The predicted molar refractivity (Wildman–Crippen MR) is 140 cm³/mol. The summed E-state index contributed by atoms with van der Waals surface area (Å²) < 4.78 is 28.1. The van der Waals surface area contributed by atoms with Crippen molar-refractivity contribution in [2.24, 2.45) is 0 Å². The summed E-state index contributed by atoms with van der Waals surface area (Å²) >= 11 is 0. The van der Waals surface area contributed by atoms with E-state index in [1.54, 1.807) is 0 Å². The molecule has 3 heterocycles. The van der Waals surface area contributed by atoms with Crippen LogP contribution >= 0.6 is 0 Å². The molecule has 0 unspecified atom stereocenters. The van der Waals surface area contributed by atoms with Gasteiger partial charge in [0.2, 0.25) is 17.5 Å². The number of rotatable bonds is 6. The zero-order valence-electron chi connectivity index (χ0n) is 22.3. The first-order valence-electron chi connectivity index (χ1n) is 13.0. The fourth-order valence-electron chi connectivity index (χ4n) is 4.90. The average molecular weight is 611 g/mol.